The maximum atomic E-state index is 13.2. The van der Waals surface area contributed by atoms with Crippen molar-refractivity contribution in [2.24, 2.45) is 5.10 Å². The van der Waals surface area contributed by atoms with Crippen molar-refractivity contribution in [3.05, 3.63) is 95.8 Å². The molecule has 0 saturated carbocycles. The summed E-state index contributed by atoms with van der Waals surface area (Å²) in [6.45, 7) is 3.09. The van der Waals surface area contributed by atoms with Gasteiger partial charge >= 0.3 is 0 Å². The van der Waals surface area contributed by atoms with Crippen LogP contribution in [0, 0.1) is 12.7 Å². The summed E-state index contributed by atoms with van der Waals surface area (Å²) in [5.41, 5.74) is 4.80. The number of carbonyl (C=O) groups excluding carboxylic acids is 1. The number of hydrogen-bond acceptors (Lipinski definition) is 4. The molecule has 0 radical (unpaired) electrons. The summed E-state index contributed by atoms with van der Waals surface area (Å²) in [7, 11) is -3.98. The number of halogens is 1. The average molecular weight is 440 g/mol. The Labute approximate surface area is 181 Å². The number of sulfonamides is 1. The minimum absolute atomic E-state index is 0.0781. The molecule has 0 aliphatic heterocycles. The Morgan fingerprint density at radius 2 is 1.58 bits per heavy atom. The van der Waals surface area contributed by atoms with Crippen molar-refractivity contribution < 1.29 is 17.6 Å². The number of hydrogen-bond donors (Lipinski definition) is 1. The van der Waals surface area contributed by atoms with Gasteiger partial charge in [0.25, 0.3) is 15.9 Å². The molecule has 31 heavy (non-hydrogen) atoms. The number of rotatable bonds is 7. The van der Waals surface area contributed by atoms with Crippen LogP contribution in [-0.4, -0.2) is 26.6 Å². The zero-order valence-corrected chi connectivity index (χ0v) is 17.9. The molecule has 0 bridgehead atoms. The van der Waals surface area contributed by atoms with E-state index in [0.717, 1.165) is 9.87 Å². The Balaban J connectivity index is 1.84. The minimum Gasteiger partial charge on any atom is -0.271 e. The van der Waals surface area contributed by atoms with Crippen molar-refractivity contribution in [1.82, 2.24) is 5.43 Å². The van der Waals surface area contributed by atoms with E-state index in [1.807, 2.05) is 6.92 Å². The third-order valence-corrected chi connectivity index (χ3v) is 6.34. The van der Waals surface area contributed by atoms with Gasteiger partial charge in [0, 0.05) is 0 Å². The number of aryl methyl sites for hydroxylation is 1. The van der Waals surface area contributed by atoms with Crippen LogP contribution in [0.4, 0.5) is 10.1 Å². The summed E-state index contributed by atoms with van der Waals surface area (Å²) in [4.78, 5) is 12.7. The Kier molecular flexibility index (Phi) is 6.81. The zero-order valence-electron chi connectivity index (χ0n) is 17.1. The highest BCUT2D eigenvalue weighted by Crippen LogP contribution is 2.23. The Bertz CT molecular complexity index is 1180. The van der Waals surface area contributed by atoms with E-state index in [2.05, 4.69) is 10.5 Å². The monoisotopic (exact) mass is 439 g/mol. The van der Waals surface area contributed by atoms with Crippen molar-refractivity contribution in [3.63, 3.8) is 0 Å². The van der Waals surface area contributed by atoms with Crippen molar-refractivity contribution in [2.75, 3.05) is 10.8 Å². The number of nitrogens with zero attached hydrogens (tertiary/aromatic N) is 2. The third kappa shape index (κ3) is 5.55. The van der Waals surface area contributed by atoms with Crippen LogP contribution in [0.2, 0.25) is 0 Å². The second-order valence-corrected chi connectivity index (χ2v) is 8.76. The van der Waals surface area contributed by atoms with Crippen LogP contribution in [0.15, 0.2) is 88.9 Å². The highest BCUT2D eigenvalue weighted by molar-refractivity contribution is 7.92. The van der Waals surface area contributed by atoms with Crippen molar-refractivity contribution in [1.29, 1.82) is 0 Å². The lowest BCUT2D eigenvalue weighted by atomic mass is 10.1. The SMILES string of the molecule is CC(=NNC(=O)CN(c1ccc(C)cc1)S(=O)(=O)c1ccccc1)c1ccc(F)cc1. The number of carbonyl (C=O) groups is 1. The fourth-order valence-electron chi connectivity index (χ4n) is 2.81. The lowest BCUT2D eigenvalue weighted by Gasteiger charge is -2.23. The van der Waals surface area contributed by atoms with Gasteiger partial charge in [-0.3, -0.25) is 9.10 Å². The molecule has 3 rings (SSSR count). The van der Waals surface area contributed by atoms with Gasteiger partial charge in [-0.1, -0.05) is 48.0 Å². The first-order chi connectivity index (χ1) is 14.8. The van der Waals surface area contributed by atoms with Crippen molar-refractivity contribution in [3.8, 4) is 0 Å². The maximum absolute atomic E-state index is 13.2. The van der Waals surface area contributed by atoms with Gasteiger partial charge in [-0.2, -0.15) is 5.10 Å². The van der Waals surface area contributed by atoms with Crippen molar-refractivity contribution in [2.45, 2.75) is 18.7 Å². The number of nitrogens with one attached hydrogen (secondary N) is 1. The molecule has 0 atom stereocenters. The Morgan fingerprint density at radius 3 is 2.19 bits per heavy atom. The van der Waals surface area contributed by atoms with Crippen LogP contribution in [0.5, 0.6) is 0 Å². The molecule has 8 heteroatoms. The molecule has 0 fully saturated rings. The topological polar surface area (TPSA) is 78.8 Å². The first-order valence-corrected chi connectivity index (χ1v) is 10.9. The second kappa shape index (κ2) is 9.53. The van der Waals surface area contributed by atoms with Crippen LogP contribution in [0.1, 0.15) is 18.1 Å². The predicted molar refractivity (Wildman–Crippen MR) is 119 cm³/mol. The van der Waals surface area contributed by atoms with E-state index in [-0.39, 0.29) is 10.7 Å². The molecule has 0 aliphatic rings. The van der Waals surface area contributed by atoms with Gasteiger partial charge in [0.15, 0.2) is 0 Å². The largest absolute Gasteiger partial charge is 0.271 e. The molecule has 0 spiro atoms. The standard InChI is InChI=1S/C23H22FN3O3S/c1-17-8-14-21(15-9-17)27(31(29,30)22-6-4-3-5-7-22)16-23(28)26-25-18(2)19-10-12-20(24)13-11-19/h3-15H,16H2,1-2H3,(H,26,28). The average Bonchev–Trinajstić information content (AvgIpc) is 2.77. The van der Waals surface area contributed by atoms with E-state index in [0.29, 0.717) is 17.0 Å². The lowest BCUT2D eigenvalue weighted by molar-refractivity contribution is -0.119. The number of amides is 1. The number of anilines is 1. The Morgan fingerprint density at radius 1 is 0.968 bits per heavy atom. The van der Waals surface area contributed by atoms with E-state index in [1.54, 1.807) is 61.5 Å². The van der Waals surface area contributed by atoms with Gasteiger partial charge in [-0.15, -0.1) is 0 Å². The number of benzene rings is 3. The molecular formula is C23H22FN3O3S. The smallest absolute Gasteiger partial charge is 0.264 e. The van der Waals surface area contributed by atoms with E-state index >= 15 is 0 Å². The predicted octanol–water partition coefficient (Wildman–Crippen LogP) is 3.87. The highest BCUT2D eigenvalue weighted by atomic mass is 32.2. The molecule has 0 unspecified atom stereocenters. The molecule has 3 aromatic rings. The molecule has 0 saturated heterocycles. The van der Waals surface area contributed by atoms with E-state index < -0.39 is 22.5 Å². The third-order valence-electron chi connectivity index (χ3n) is 4.55. The van der Waals surface area contributed by atoms with Gasteiger partial charge < -0.3 is 0 Å². The van der Waals surface area contributed by atoms with Crippen LogP contribution in [-0.2, 0) is 14.8 Å². The molecule has 1 N–H and O–H groups in total. The van der Waals surface area contributed by atoms with Crippen LogP contribution in [0.25, 0.3) is 0 Å². The van der Waals surface area contributed by atoms with Gasteiger partial charge in [0.1, 0.15) is 12.4 Å². The molecule has 3 aromatic carbocycles. The van der Waals surface area contributed by atoms with Crippen LogP contribution < -0.4 is 9.73 Å². The summed E-state index contributed by atoms with van der Waals surface area (Å²) >= 11 is 0. The second-order valence-electron chi connectivity index (χ2n) is 6.90. The molecule has 1 amide bonds. The van der Waals surface area contributed by atoms with Crippen molar-refractivity contribution >= 4 is 27.3 Å². The van der Waals surface area contributed by atoms with Gasteiger partial charge in [-0.05, 0) is 55.8 Å². The first kappa shape index (κ1) is 22.2. The summed E-state index contributed by atoms with van der Waals surface area (Å²) in [5.74, 6) is -0.984. The van der Waals surface area contributed by atoms with Crippen LogP contribution in [0.3, 0.4) is 0 Å². The Hall–Kier alpha value is -3.52. The fourth-order valence-corrected chi connectivity index (χ4v) is 4.26. The van der Waals surface area contributed by atoms with E-state index in [1.165, 1.54) is 24.3 Å². The zero-order chi connectivity index (χ0) is 22.4. The van der Waals surface area contributed by atoms with Gasteiger partial charge in [-0.25, -0.2) is 18.2 Å². The molecule has 6 nitrogen and oxygen atoms in total. The normalized spacial score (nSPS) is 11.8. The quantitative estimate of drug-likeness (QED) is 0.448. The summed E-state index contributed by atoms with van der Waals surface area (Å²) in [6.07, 6.45) is 0. The minimum atomic E-state index is -3.98. The first-order valence-electron chi connectivity index (χ1n) is 9.51. The van der Waals surface area contributed by atoms with E-state index in [4.69, 9.17) is 0 Å². The summed E-state index contributed by atoms with van der Waals surface area (Å²) in [5, 5.41) is 4.01. The molecule has 160 valence electrons. The summed E-state index contributed by atoms with van der Waals surface area (Å²) < 4.78 is 40.6. The molecule has 0 aromatic heterocycles. The molecule has 0 aliphatic carbocycles. The van der Waals surface area contributed by atoms with Gasteiger partial charge in [0.05, 0.1) is 16.3 Å². The molecule has 0 heterocycles. The summed E-state index contributed by atoms with van der Waals surface area (Å²) in [6, 6.07) is 20.4. The maximum Gasteiger partial charge on any atom is 0.264 e. The van der Waals surface area contributed by atoms with E-state index in [9.17, 15) is 17.6 Å². The molecular weight excluding hydrogens is 417 g/mol. The number of hydrazone groups is 1. The van der Waals surface area contributed by atoms with Gasteiger partial charge in [0.2, 0.25) is 0 Å². The lowest BCUT2D eigenvalue weighted by Crippen LogP contribution is -2.39. The highest BCUT2D eigenvalue weighted by Gasteiger charge is 2.27. The fraction of sp³-hybridized carbons (Fsp3) is 0.130. The van der Waals surface area contributed by atoms with Crippen LogP contribution >= 0.6 is 0 Å².